The van der Waals surface area contributed by atoms with Crippen LogP contribution in [0.5, 0.6) is 11.5 Å². The molecule has 0 amide bonds. The van der Waals surface area contributed by atoms with Gasteiger partial charge in [-0.25, -0.2) is 0 Å². The molecule has 0 heterocycles. The summed E-state index contributed by atoms with van der Waals surface area (Å²) in [7, 11) is 0. The van der Waals surface area contributed by atoms with Crippen LogP contribution in [0.4, 0.5) is 0 Å². The number of rotatable bonds is 3. The van der Waals surface area contributed by atoms with E-state index < -0.39 is 0 Å². The van der Waals surface area contributed by atoms with Gasteiger partial charge in [-0.05, 0) is 0 Å². The van der Waals surface area contributed by atoms with Gasteiger partial charge in [0.1, 0.15) is 0 Å². The van der Waals surface area contributed by atoms with Gasteiger partial charge in [0.2, 0.25) is 0 Å². The predicted molar refractivity (Wildman–Crippen MR) is 49.0 cm³/mol. The molecule has 12 heavy (non-hydrogen) atoms. The first kappa shape index (κ1) is 9.39. The molecule has 4 heteroatoms. The van der Waals surface area contributed by atoms with Gasteiger partial charge in [0.05, 0.1) is 0 Å². The van der Waals surface area contributed by atoms with E-state index in [1.807, 2.05) is 6.07 Å². The molecule has 0 aliphatic carbocycles. The molecule has 0 spiro atoms. The molecule has 0 aliphatic heterocycles. The molecule has 4 N–H and O–H groups in total. The molecule has 0 unspecified atom stereocenters. The zero-order chi connectivity index (χ0) is 8.97. The van der Waals surface area contributed by atoms with Gasteiger partial charge in [-0.1, -0.05) is 0 Å². The van der Waals surface area contributed by atoms with Crippen LogP contribution < -0.4 is 10.2 Å². The quantitative estimate of drug-likeness (QED) is 0.499. The topological polar surface area (TPSA) is 66.5 Å². The normalized spacial score (nSPS) is 10.1. The van der Waals surface area contributed by atoms with Gasteiger partial charge >= 0.3 is 76.9 Å². The molecule has 0 atom stereocenters. The van der Waals surface area contributed by atoms with Gasteiger partial charge in [-0.2, -0.15) is 0 Å². The summed E-state index contributed by atoms with van der Waals surface area (Å²) in [6.07, 6.45) is 0. The zero-order valence-corrected chi connectivity index (χ0v) is 8.24. The van der Waals surface area contributed by atoms with Gasteiger partial charge in [0, 0.05) is 0 Å². The Hall–Kier alpha value is -0.701. The monoisotopic (exact) mass is 233 g/mol. The summed E-state index contributed by atoms with van der Waals surface area (Å²) in [5, 5.41) is 19.1. The van der Waals surface area contributed by atoms with Gasteiger partial charge in [0.15, 0.2) is 0 Å². The van der Waals surface area contributed by atoms with Crippen molar-refractivity contribution in [2.45, 2.75) is 5.32 Å². The van der Waals surface area contributed by atoms with Crippen molar-refractivity contribution < 1.29 is 10.2 Å². The van der Waals surface area contributed by atoms with Crippen LogP contribution in [0, 0.1) is 0 Å². The molecular formula is C8H11NO2Se. The molecule has 66 valence electrons. The molecule has 0 fully saturated rings. The van der Waals surface area contributed by atoms with Crippen molar-refractivity contribution in [2.24, 2.45) is 5.73 Å². The molecular weight excluding hydrogens is 221 g/mol. The molecule has 0 bridgehead atoms. The molecule has 0 saturated heterocycles. The SMILES string of the molecule is NCC[Se]c1ccc(O)c(O)c1. The number of hydrogen-bond donors (Lipinski definition) is 3. The first-order valence-corrected chi connectivity index (χ1v) is 5.65. The number of phenols is 2. The Morgan fingerprint density at radius 2 is 2.00 bits per heavy atom. The van der Waals surface area contributed by atoms with Crippen LogP contribution in [-0.2, 0) is 0 Å². The van der Waals surface area contributed by atoms with Crippen molar-refractivity contribution in [1.82, 2.24) is 0 Å². The molecule has 1 aromatic carbocycles. The van der Waals surface area contributed by atoms with E-state index in [0.29, 0.717) is 21.5 Å². The minimum absolute atomic E-state index is 0.0496. The van der Waals surface area contributed by atoms with E-state index in [1.54, 1.807) is 6.07 Å². The van der Waals surface area contributed by atoms with Crippen LogP contribution in [0.1, 0.15) is 0 Å². The van der Waals surface area contributed by atoms with Gasteiger partial charge in [-0.3, -0.25) is 0 Å². The van der Waals surface area contributed by atoms with E-state index in [2.05, 4.69) is 0 Å². The minimum atomic E-state index is -0.0673. The second kappa shape index (κ2) is 4.36. The van der Waals surface area contributed by atoms with Crippen LogP contribution in [-0.4, -0.2) is 31.7 Å². The summed E-state index contributed by atoms with van der Waals surface area (Å²) in [5.41, 5.74) is 5.35. The van der Waals surface area contributed by atoms with Gasteiger partial charge < -0.3 is 0 Å². The third kappa shape index (κ3) is 2.41. The average molecular weight is 232 g/mol. The number of hydrogen-bond acceptors (Lipinski definition) is 3. The van der Waals surface area contributed by atoms with Crippen molar-refractivity contribution >= 4 is 19.4 Å². The van der Waals surface area contributed by atoms with Crippen molar-refractivity contribution in [2.75, 3.05) is 6.54 Å². The Balaban J connectivity index is 2.69. The summed E-state index contributed by atoms with van der Waals surface area (Å²) in [4.78, 5) is 0. The third-order valence-corrected chi connectivity index (χ3v) is 3.49. The van der Waals surface area contributed by atoms with Gasteiger partial charge in [0.25, 0.3) is 0 Å². The molecule has 0 aliphatic rings. The van der Waals surface area contributed by atoms with Crippen molar-refractivity contribution in [3.63, 3.8) is 0 Å². The van der Waals surface area contributed by atoms with E-state index in [4.69, 9.17) is 15.9 Å². The van der Waals surface area contributed by atoms with Gasteiger partial charge in [-0.15, -0.1) is 0 Å². The second-order valence-corrected chi connectivity index (χ2v) is 4.74. The van der Waals surface area contributed by atoms with Crippen molar-refractivity contribution in [1.29, 1.82) is 0 Å². The molecule has 0 radical (unpaired) electrons. The fourth-order valence-corrected chi connectivity index (χ4v) is 2.27. The second-order valence-electron chi connectivity index (χ2n) is 2.29. The van der Waals surface area contributed by atoms with Crippen LogP contribution in [0.15, 0.2) is 18.2 Å². The van der Waals surface area contributed by atoms with Crippen molar-refractivity contribution in [3.8, 4) is 11.5 Å². The predicted octanol–water partition coefficient (Wildman–Crippen LogP) is -0.196. The van der Waals surface area contributed by atoms with E-state index >= 15 is 0 Å². The number of aromatic hydroxyl groups is 2. The molecule has 0 aromatic heterocycles. The Labute approximate surface area is 77.4 Å². The number of phenolic OH excluding ortho intramolecular Hbond substituents is 2. The maximum atomic E-state index is 9.13. The summed E-state index contributed by atoms with van der Waals surface area (Å²) in [6, 6.07) is 4.90. The Morgan fingerprint density at radius 1 is 1.25 bits per heavy atom. The van der Waals surface area contributed by atoms with Crippen molar-refractivity contribution in [3.05, 3.63) is 18.2 Å². The molecule has 0 saturated carbocycles. The fourth-order valence-electron chi connectivity index (χ4n) is 0.770. The zero-order valence-electron chi connectivity index (χ0n) is 6.53. The van der Waals surface area contributed by atoms with E-state index in [1.165, 1.54) is 6.07 Å². The summed E-state index contributed by atoms with van der Waals surface area (Å²) in [5.74, 6) is -0.117. The fraction of sp³-hybridized carbons (Fsp3) is 0.250. The maximum absolute atomic E-state index is 9.13. The number of nitrogens with two attached hydrogens (primary N) is 1. The first-order chi connectivity index (χ1) is 5.74. The first-order valence-electron chi connectivity index (χ1n) is 3.59. The number of benzene rings is 1. The van der Waals surface area contributed by atoms with Crippen LogP contribution in [0.3, 0.4) is 0 Å². The Bertz CT molecular complexity index is 265. The van der Waals surface area contributed by atoms with E-state index in [9.17, 15) is 0 Å². The van der Waals surface area contributed by atoms with Crippen LogP contribution >= 0.6 is 0 Å². The Kier molecular flexibility index (Phi) is 3.41. The summed E-state index contributed by atoms with van der Waals surface area (Å²) >= 11 is 0.305. The standard InChI is InChI=1S/C8H11NO2Se/c9-3-4-12-6-1-2-7(10)8(11)5-6/h1-2,5,10-11H,3-4,9H2. The molecule has 1 rings (SSSR count). The van der Waals surface area contributed by atoms with Crippen LogP contribution in [0.2, 0.25) is 5.32 Å². The summed E-state index contributed by atoms with van der Waals surface area (Å²) < 4.78 is 1.06. The van der Waals surface area contributed by atoms with Crippen LogP contribution in [0.25, 0.3) is 0 Å². The summed E-state index contributed by atoms with van der Waals surface area (Å²) in [6.45, 7) is 0.668. The third-order valence-electron chi connectivity index (χ3n) is 1.33. The molecule has 1 aromatic rings. The molecule has 3 nitrogen and oxygen atoms in total. The average Bonchev–Trinajstić information content (AvgIpc) is 2.07. The Morgan fingerprint density at radius 3 is 2.58 bits per heavy atom. The van der Waals surface area contributed by atoms with E-state index in [-0.39, 0.29) is 11.5 Å². The van der Waals surface area contributed by atoms with E-state index in [0.717, 1.165) is 9.78 Å².